The summed E-state index contributed by atoms with van der Waals surface area (Å²) in [6.07, 6.45) is 8.48. The summed E-state index contributed by atoms with van der Waals surface area (Å²) in [6.45, 7) is 3.98. The molecule has 3 aliphatic rings. The number of rotatable bonds is 3. The lowest BCUT2D eigenvalue weighted by Gasteiger charge is -2.48. The quantitative estimate of drug-likeness (QED) is 0.851. The standard InChI is InChI=1S/C18H24ClN3O/c19-15-4-5-16(20-10-15)21-9-1-7-18(12-21)8-6-17(23)22(13-18)11-14-2-3-14/h4-5,10,14H,1-3,6-9,11-13H2/t18-/m1/s1. The highest BCUT2D eigenvalue weighted by atomic mass is 35.5. The van der Waals surface area contributed by atoms with Crippen LogP contribution in [-0.4, -0.2) is 42.0 Å². The van der Waals surface area contributed by atoms with Gasteiger partial charge in [-0.2, -0.15) is 0 Å². The third-order valence-electron chi connectivity index (χ3n) is 5.62. The van der Waals surface area contributed by atoms with Gasteiger partial charge in [-0.15, -0.1) is 0 Å². The van der Waals surface area contributed by atoms with Crippen LogP contribution in [0.2, 0.25) is 5.02 Å². The molecule has 2 aliphatic heterocycles. The molecule has 0 radical (unpaired) electrons. The minimum absolute atomic E-state index is 0.252. The van der Waals surface area contributed by atoms with Crippen molar-refractivity contribution < 1.29 is 4.79 Å². The number of nitrogens with zero attached hydrogens (tertiary/aromatic N) is 3. The number of pyridine rings is 1. The minimum Gasteiger partial charge on any atom is -0.356 e. The molecule has 5 heteroatoms. The van der Waals surface area contributed by atoms with E-state index in [1.54, 1.807) is 6.20 Å². The van der Waals surface area contributed by atoms with Gasteiger partial charge in [-0.3, -0.25) is 4.79 Å². The Morgan fingerprint density at radius 1 is 1.26 bits per heavy atom. The average molecular weight is 334 g/mol. The Bertz CT molecular complexity index is 586. The number of amides is 1. The van der Waals surface area contributed by atoms with Crippen molar-refractivity contribution in [2.75, 3.05) is 31.1 Å². The van der Waals surface area contributed by atoms with Gasteiger partial charge in [0.15, 0.2) is 0 Å². The molecule has 0 N–H and O–H groups in total. The van der Waals surface area contributed by atoms with Crippen molar-refractivity contribution >= 4 is 23.3 Å². The van der Waals surface area contributed by atoms with Gasteiger partial charge < -0.3 is 9.80 Å². The maximum absolute atomic E-state index is 12.3. The molecule has 0 unspecified atom stereocenters. The summed E-state index contributed by atoms with van der Waals surface area (Å²) in [7, 11) is 0. The summed E-state index contributed by atoms with van der Waals surface area (Å²) in [5, 5.41) is 0.680. The summed E-state index contributed by atoms with van der Waals surface area (Å²) in [5.41, 5.74) is 0.252. The molecule has 4 rings (SSSR count). The first-order chi connectivity index (χ1) is 11.1. The van der Waals surface area contributed by atoms with Crippen LogP contribution in [0.3, 0.4) is 0 Å². The first-order valence-corrected chi connectivity index (χ1v) is 9.16. The van der Waals surface area contributed by atoms with Crippen molar-refractivity contribution in [1.82, 2.24) is 9.88 Å². The monoisotopic (exact) mass is 333 g/mol. The normalized spacial score (nSPS) is 28.5. The lowest BCUT2D eigenvalue weighted by atomic mass is 9.73. The van der Waals surface area contributed by atoms with E-state index in [4.69, 9.17) is 11.6 Å². The van der Waals surface area contributed by atoms with Crippen LogP contribution >= 0.6 is 11.6 Å². The Hall–Kier alpha value is -1.29. The van der Waals surface area contributed by atoms with E-state index in [1.807, 2.05) is 12.1 Å². The van der Waals surface area contributed by atoms with Gasteiger partial charge >= 0.3 is 0 Å². The van der Waals surface area contributed by atoms with E-state index in [0.717, 1.165) is 44.3 Å². The van der Waals surface area contributed by atoms with Crippen LogP contribution in [0.15, 0.2) is 18.3 Å². The molecular weight excluding hydrogens is 310 g/mol. The smallest absolute Gasteiger partial charge is 0.222 e. The maximum atomic E-state index is 12.3. The van der Waals surface area contributed by atoms with E-state index in [2.05, 4.69) is 14.8 Å². The molecule has 1 spiro atoms. The van der Waals surface area contributed by atoms with Crippen LogP contribution in [0.4, 0.5) is 5.82 Å². The molecule has 3 fully saturated rings. The fourth-order valence-electron chi connectivity index (χ4n) is 4.17. The predicted molar refractivity (Wildman–Crippen MR) is 91.7 cm³/mol. The Morgan fingerprint density at radius 3 is 2.87 bits per heavy atom. The Balaban J connectivity index is 1.48. The zero-order valence-electron chi connectivity index (χ0n) is 13.5. The summed E-state index contributed by atoms with van der Waals surface area (Å²) in [4.78, 5) is 21.3. The van der Waals surface area contributed by atoms with Crippen LogP contribution in [0, 0.1) is 11.3 Å². The van der Waals surface area contributed by atoms with Gasteiger partial charge in [-0.25, -0.2) is 4.98 Å². The van der Waals surface area contributed by atoms with E-state index in [9.17, 15) is 4.79 Å². The van der Waals surface area contributed by atoms with Crippen LogP contribution in [0.5, 0.6) is 0 Å². The van der Waals surface area contributed by atoms with Gasteiger partial charge in [0, 0.05) is 44.2 Å². The number of carbonyl (C=O) groups excluding carboxylic acids is 1. The first kappa shape index (κ1) is 15.3. The molecule has 0 aromatic carbocycles. The Labute approximate surface area is 142 Å². The molecule has 4 nitrogen and oxygen atoms in total. The molecular formula is C18H24ClN3O. The van der Waals surface area contributed by atoms with E-state index in [-0.39, 0.29) is 5.41 Å². The molecule has 1 saturated carbocycles. The number of hydrogen-bond donors (Lipinski definition) is 0. The van der Waals surface area contributed by atoms with Crippen molar-refractivity contribution in [1.29, 1.82) is 0 Å². The maximum Gasteiger partial charge on any atom is 0.222 e. The number of aromatic nitrogens is 1. The van der Waals surface area contributed by atoms with Crippen molar-refractivity contribution in [3.63, 3.8) is 0 Å². The highest BCUT2D eigenvalue weighted by Gasteiger charge is 2.43. The summed E-state index contributed by atoms with van der Waals surface area (Å²) in [6, 6.07) is 3.92. The molecule has 0 bridgehead atoms. The van der Waals surface area contributed by atoms with Gasteiger partial charge in [0.1, 0.15) is 5.82 Å². The van der Waals surface area contributed by atoms with E-state index in [0.29, 0.717) is 17.4 Å². The van der Waals surface area contributed by atoms with E-state index < -0.39 is 0 Å². The molecule has 124 valence electrons. The Morgan fingerprint density at radius 2 is 2.13 bits per heavy atom. The highest BCUT2D eigenvalue weighted by molar-refractivity contribution is 6.30. The summed E-state index contributed by atoms with van der Waals surface area (Å²) >= 11 is 5.96. The Kier molecular flexibility index (Phi) is 3.96. The van der Waals surface area contributed by atoms with E-state index in [1.165, 1.54) is 25.7 Å². The van der Waals surface area contributed by atoms with Gasteiger partial charge in [0.2, 0.25) is 5.91 Å². The third-order valence-corrected chi connectivity index (χ3v) is 5.84. The van der Waals surface area contributed by atoms with Crippen LogP contribution in [0.1, 0.15) is 38.5 Å². The zero-order valence-corrected chi connectivity index (χ0v) is 14.3. The minimum atomic E-state index is 0.252. The van der Waals surface area contributed by atoms with Crippen molar-refractivity contribution in [2.45, 2.75) is 38.5 Å². The molecule has 1 atom stereocenters. The second-order valence-corrected chi connectivity index (χ2v) is 8.01. The fourth-order valence-corrected chi connectivity index (χ4v) is 4.28. The van der Waals surface area contributed by atoms with Crippen molar-refractivity contribution in [2.24, 2.45) is 11.3 Å². The number of hydrogen-bond acceptors (Lipinski definition) is 3. The molecule has 1 aromatic heterocycles. The van der Waals surface area contributed by atoms with Gasteiger partial charge in [0.05, 0.1) is 5.02 Å². The molecule has 23 heavy (non-hydrogen) atoms. The average Bonchev–Trinajstić information content (AvgIpc) is 3.36. The van der Waals surface area contributed by atoms with Crippen molar-refractivity contribution in [3.05, 3.63) is 23.4 Å². The number of likely N-dealkylation sites (tertiary alicyclic amines) is 1. The first-order valence-electron chi connectivity index (χ1n) is 8.78. The lowest BCUT2D eigenvalue weighted by Crippen LogP contribution is -2.54. The molecule has 1 aromatic rings. The largest absolute Gasteiger partial charge is 0.356 e. The zero-order chi connectivity index (χ0) is 15.9. The SMILES string of the molecule is O=C1CC[C@@]2(CCCN(c3ccc(Cl)cn3)C2)CN1CC1CC1. The van der Waals surface area contributed by atoms with Gasteiger partial charge in [-0.05, 0) is 50.2 Å². The highest BCUT2D eigenvalue weighted by Crippen LogP contribution is 2.41. The second-order valence-electron chi connectivity index (χ2n) is 7.58. The van der Waals surface area contributed by atoms with Crippen molar-refractivity contribution in [3.8, 4) is 0 Å². The summed E-state index contributed by atoms with van der Waals surface area (Å²) in [5.74, 6) is 2.15. The number of halogens is 1. The van der Waals surface area contributed by atoms with E-state index >= 15 is 0 Å². The third kappa shape index (κ3) is 3.32. The molecule has 1 aliphatic carbocycles. The number of piperidine rings is 2. The lowest BCUT2D eigenvalue weighted by molar-refractivity contribution is -0.138. The second kappa shape index (κ2) is 5.97. The van der Waals surface area contributed by atoms with Crippen LogP contribution in [-0.2, 0) is 4.79 Å². The van der Waals surface area contributed by atoms with Gasteiger partial charge in [-0.1, -0.05) is 11.6 Å². The topological polar surface area (TPSA) is 36.4 Å². The summed E-state index contributed by atoms with van der Waals surface area (Å²) < 4.78 is 0. The van der Waals surface area contributed by atoms with Crippen LogP contribution < -0.4 is 4.90 Å². The fraction of sp³-hybridized carbons (Fsp3) is 0.667. The predicted octanol–water partition coefficient (Wildman–Crippen LogP) is 3.35. The molecule has 3 heterocycles. The van der Waals surface area contributed by atoms with Gasteiger partial charge in [0.25, 0.3) is 0 Å². The number of carbonyl (C=O) groups is 1. The molecule has 2 saturated heterocycles. The number of anilines is 1. The van der Waals surface area contributed by atoms with Crippen LogP contribution in [0.25, 0.3) is 0 Å². The molecule has 1 amide bonds.